The van der Waals surface area contributed by atoms with Gasteiger partial charge >= 0.3 is 29.3 Å². The number of benzene rings is 1. The summed E-state index contributed by atoms with van der Waals surface area (Å²) in [7, 11) is -1.10. The van der Waals surface area contributed by atoms with E-state index in [1.807, 2.05) is 0 Å². The normalized spacial score (nSPS) is 17.5. The second-order valence-corrected chi connectivity index (χ2v) is 8.12. The highest BCUT2D eigenvalue weighted by molar-refractivity contribution is 6.72. The Labute approximate surface area is 109 Å². The van der Waals surface area contributed by atoms with Crippen LogP contribution >= 0.6 is 0 Å². The maximum Gasteiger partial charge on any atom is 0.413 e. The highest BCUT2D eigenvalue weighted by Crippen LogP contribution is 2.20. The molecule has 1 fully saturated rings. The Balaban J connectivity index is 2.52. The Morgan fingerprint density at radius 3 is 1.59 bits per heavy atom. The lowest BCUT2D eigenvalue weighted by atomic mass is 9.95. The van der Waals surface area contributed by atoms with E-state index in [2.05, 4.69) is 34.6 Å². The van der Waals surface area contributed by atoms with Gasteiger partial charge in [0.1, 0.15) is 0 Å². The molecule has 0 N–H and O–H groups in total. The van der Waals surface area contributed by atoms with E-state index in [1.165, 1.54) is 33.0 Å². The van der Waals surface area contributed by atoms with Crippen molar-refractivity contribution in [1.82, 2.24) is 0 Å². The maximum absolute atomic E-state index is 5.67. The monoisotopic (exact) mass is 279 g/mol. The minimum Gasteiger partial charge on any atom is -0.412 e. The van der Waals surface area contributed by atoms with Crippen LogP contribution in [0, 0.1) is 34.6 Å². The van der Waals surface area contributed by atoms with E-state index in [9.17, 15) is 0 Å². The molecule has 5 radical (unpaired) electrons. The van der Waals surface area contributed by atoms with E-state index >= 15 is 0 Å². The van der Waals surface area contributed by atoms with Gasteiger partial charge in [0.15, 0.2) is 0 Å². The molecule has 1 aromatic rings. The van der Waals surface area contributed by atoms with Gasteiger partial charge in [-0.15, -0.1) is 0 Å². The van der Waals surface area contributed by atoms with E-state index < -0.39 is 9.28 Å². The molecular formula is C11H15O3Si3. The van der Waals surface area contributed by atoms with Crippen LogP contribution < -0.4 is 5.19 Å². The molecule has 17 heavy (non-hydrogen) atoms. The lowest BCUT2D eigenvalue weighted by molar-refractivity contribution is 0.333. The Hall–Kier alpha value is -0.249. The molecule has 89 valence electrons. The van der Waals surface area contributed by atoms with Gasteiger partial charge in [-0.3, -0.25) is 0 Å². The van der Waals surface area contributed by atoms with Crippen molar-refractivity contribution in [1.29, 1.82) is 0 Å². The molecule has 0 spiro atoms. The maximum atomic E-state index is 5.67. The third-order valence-corrected chi connectivity index (χ3v) is 7.53. The van der Waals surface area contributed by atoms with Crippen molar-refractivity contribution in [2.75, 3.05) is 0 Å². The van der Waals surface area contributed by atoms with Crippen molar-refractivity contribution >= 4 is 34.5 Å². The molecule has 3 nitrogen and oxygen atoms in total. The van der Waals surface area contributed by atoms with Gasteiger partial charge < -0.3 is 12.3 Å². The van der Waals surface area contributed by atoms with Gasteiger partial charge in [0.2, 0.25) is 0 Å². The van der Waals surface area contributed by atoms with Gasteiger partial charge in [0, 0.05) is 5.19 Å². The molecule has 1 heterocycles. The highest BCUT2D eigenvalue weighted by Gasteiger charge is 2.29. The Morgan fingerprint density at radius 2 is 1.12 bits per heavy atom. The Bertz CT molecular complexity index is 413. The average molecular weight is 279 g/mol. The summed E-state index contributed by atoms with van der Waals surface area (Å²) in [5, 5.41) is 1.28. The minimum atomic E-state index is -1.35. The highest BCUT2D eigenvalue weighted by atomic mass is 28.4. The third kappa shape index (κ3) is 2.33. The number of hydrogen-bond donors (Lipinski definition) is 0. The molecular weight excluding hydrogens is 264 g/mol. The van der Waals surface area contributed by atoms with E-state index in [1.54, 1.807) is 0 Å². The smallest absolute Gasteiger partial charge is 0.412 e. The summed E-state index contributed by atoms with van der Waals surface area (Å²) in [6.07, 6.45) is 0. The molecule has 0 amide bonds. The molecule has 2 rings (SSSR count). The van der Waals surface area contributed by atoms with E-state index in [0.29, 0.717) is 0 Å². The van der Waals surface area contributed by atoms with E-state index in [4.69, 9.17) is 12.3 Å². The SMILES string of the molecule is Cc1c(C)c(C)c([Si]2O[Si]O[Si]O2)c(C)c1C. The lowest BCUT2D eigenvalue weighted by Gasteiger charge is -2.25. The van der Waals surface area contributed by atoms with Gasteiger partial charge in [-0.05, 0) is 62.4 Å². The zero-order chi connectivity index (χ0) is 12.6. The number of hydrogen-bond acceptors (Lipinski definition) is 3. The second kappa shape index (κ2) is 5.17. The molecule has 0 saturated carbocycles. The molecule has 0 atom stereocenters. The predicted octanol–water partition coefficient (Wildman–Crippen LogP) is 1.06. The molecule has 0 aliphatic carbocycles. The van der Waals surface area contributed by atoms with Gasteiger partial charge in [-0.25, -0.2) is 0 Å². The first-order valence-corrected chi connectivity index (χ1v) is 8.42. The quantitative estimate of drug-likeness (QED) is 0.720. The molecule has 0 aromatic heterocycles. The first kappa shape index (κ1) is 13.2. The number of rotatable bonds is 1. The fourth-order valence-corrected chi connectivity index (χ4v) is 6.23. The minimum absolute atomic E-state index is 0.124. The van der Waals surface area contributed by atoms with E-state index in [0.717, 1.165) is 0 Å². The fraction of sp³-hybridized carbons (Fsp3) is 0.455. The summed E-state index contributed by atoms with van der Waals surface area (Å²) >= 11 is 0. The van der Waals surface area contributed by atoms with Crippen LogP contribution in [-0.2, 0) is 12.3 Å². The average Bonchev–Trinajstić information content (AvgIpc) is 2.36. The summed E-state index contributed by atoms with van der Waals surface area (Å²) in [6.45, 7) is 10.9. The molecule has 6 heteroatoms. The summed E-state index contributed by atoms with van der Waals surface area (Å²) in [5.74, 6) is 0. The molecule has 1 aromatic carbocycles. The first-order valence-electron chi connectivity index (χ1n) is 5.47. The van der Waals surface area contributed by atoms with Gasteiger partial charge in [0.25, 0.3) is 0 Å². The van der Waals surface area contributed by atoms with Crippen LogP contribution in [0.2, 0.25) is 0 Å². The molecule has 1 aliphatic heterocycles. The lowest BCUT2D eigenvalue weighted by Crippen LogP contribution is -2.47. The van der Waals surface area contributed by atoms with Crippen LogP contribution in [0.25, 0.3) is 0 Å². The second-order valence-electron chi connectivity index (χ2n) is 4.26. The zero-order valence-electron chi connectivity index (χ0n) is 10.7. The zero-order valence-corrected chi connectivity index (χ0v) is 13.7. The standard InChI is InChI=1S/C11H15O3Si3/c1-6-7(2)9(4)11(10(5)8(6)3)17-13-15-12-16-14-17/h1-5H3. The fourth-order valence-electron chi connectivity index (χ4n) is 2.06. The third-order valence-electron chi connectivity index (χ3n) is 3.56. The van der Waals surface area contributed by atoms with Crippen LogP contribution in [0.15, 0.2) is 0 Å². The van der Waals surface area contributed by atoms with Gasteiger partial charge in [0.05, 0.1) is 0 Å². The van der Waals surface area contributed by atoms with Crippen molar-refractivity contribution in [2.24, 2.45) is 0 Å². The molecule has 0 bridgehead atoms. The Morgan fingerprint density at radius 1 is 0.706 bits per heavy atom. The van der Waals surface area contributed by atoms with Crippen molar-refractivity contribution in [3.63, 3.8) is 0 Å². The summed E-state index contributed by atoms with van der Waals surface area (Å²) in [6, 6.07) is 0. The van der Waals surface area contributed by atoms with Crippen LogP contribution in [0.3, 0.4) is 0 Å². The van der Waals surface area contributed by atoms with Crippen molar-refractivity contribution in [3.05, 3.63) is 27.8 Å². The predicted molar refractivity (Wildman–Crippen MR) is 70.3 cm³/mol. The van der Waals surface area contributed by atoms with Gasteiger partial charge in [-0.1, -0.05) is 0 Å². The molecule has 0 unspecified atom stereocenters. The largest absolute Gasteiger partial charge is 0.413 e. The van der Waals surface area contributed by atoms with Crippen LogP contribution in [-0.4, -0.2) is 29.3 Å². The van der Waals surface area contributed by atoms with Crippen LogP contribution in [0.4, 0.5) is 0 Å². The summed E-state index contributed by atoms with van der Waals surface area (Å²) < 4.78 is 16.5. The van der Waals surface area contributed by atoms with Crippen LogP contribution in [0.1, 0.15) is 27.8 Å². The molecule has 1 aliphatic rings. The Kier molecular flexibility index (Phi) is 4.01. The molecule has 1 saturated heterocycles. The van der Waals surface area contributed by atoms with Gasteiger partial charge in [-0.2, -0.15) is 0 Å². The van der Waals surface area contributed by atoms with Crippen molar-refractivity contribution < 1.29 is 12.3 Å². The van der Waals surface area contributed by atoms with Crippen molar-refractivity contribution in [2.45, 2.75) is 34.6 Å². The summed E-state index contributed by atoms with van der Waals surface area (Å²) in [4.78, 5) is 0. The van der Waals surface area contributed by atoms with Crippen LogP contribution in [0.5, 0.6) is 0 Å². The van der Waals surface area contributed by atoms with Crippen molar-refractivity contribution in [3.8, 4) is 0 Å². The topological polar surface area (TPSA) is 27.7 Å². The summed E-state index contributed by atoms with van der Waals surface area (Å²) in [5.41, 5.74) is 6.72. The van der Waals surface area contributed by atoms with E-state index in [-0.39, 0.29) is 20.0 Å². The first-order chi connectivity index (χ1) is 8.04.